The van der Waals surface area contributed by atoms with Crippen molar-refractivity contribution in [3.05, 3.63) is 29.0 Å². The molecule has 0 fully saturated rings. The lowest BCUT2D eigenvalue weighted by atomic mass is 10.1. The molecular weight excluding hydrogens is 266 g/mol. The first-order chi connectivity index (χ1) is 8.94. The number of rotatable bonds is 4. The zero-order valence-corrected chi connectivity index (χ0v) is 11.9. The van der Waals surface area contributed by atoms with Crippen LogP contribution in [0.3, 0.4) is 0 Å². The molecule has 0 aliphatic carbocycles. The largest absolute Gasteiger partial charge is 0.398 e. The highest BCUT2D eigenvalue weighted by molar-refractivity contribution is 6.31. The number of anilines is 1. The fraction of sp³-hybridized carbons (Fsp3) is 0.385. The van der Waals surface area contributed by atoms with Crippen LogP contribution in [-0.2, 0) is 10.3 Å². The van der Waals surface area contributed by atoms with Crippen molar-refractivity contribution in [1.82, 2.24) is 10.1 Å². The standard InChI is InChI=1S/C13H16ClN3O2/c1-4-18-13(2,3)12-16-11(19-17-12)9-7-8(14)5-6-10(9)15/h5-7H,4,15H2,1-3H3. The zero-order valence-electron chi connectivity index (χ0n) is 11.1. The van der Waals surface area contributed by atoms with Gasteiger partial charge in [0.1, 0.15) is 5.60 Å². The number of halogens is 1. The van der Waals surface area contributed by atoms with Gasteiger partial charge in [-0.1, -0.05) is 16.8 Å². The number of nitrogens with two attached hydrogens (primary N) is 1. The van der Waals surface area contributed by atoms with Crippen molar-refractivity contribution < 1.29 is 9.26 Å². The van der Waals surface area contributed by atoms with Gasteiger partial charge in [0.2, 0.25) is 5.82 Å². The predicted octanol–water partition coefficient (Wildman–Crippen LogP) is 3.24. The topological polar surface area (TPSA) is 74.2 Å². The van der Waals surface area contributed by atoms with E-state index in [1.54, 1.807) is 18.2 Å². The lowest BCUT2D eigenvalue weighted by Gasteiger charge is -2.19. The van der Waals surface area contributed by atoms with E-state index >= 15 is 0 Å². The van der Waals surface area contributed by atoms with Crippen molar-refractivity contribution in [2.45, 2.75) is 26.4 Å². The van der Waals surface area contributed by atoms with Crippen LogP contribution >= 0.6 is 11.6 Å². The number of hydrogen-bond donors (Lipinski definition) is 1. The summed E-state index contributed by atoms with van der Waals surface area (Å²) in [5, 5.41) is 4.51. The van der Waals surface area contributed by atoms with Gasteiger partial charge in [0.25, 0.3) is 5.89 Å². The monoisotopic (exact) mass is 281 g/mol. The highest BCUT2D eigenvalue weighted by Crippen LogP contribution is 2.30. The fourth-order valence-electron chi connectivity index (χ4n) is 1.72. The van der Waals surface area contributed by atoms with Crippen molar-refractivity contribution in [2.75, 3.05) is 12.3 Å². The molecule has 1 aromatic carbocycles. The summed E-state index contributed by atoms with van der Waals surface area (Å²) < 4.78 is 10.8. The summed E-state index contributed by atoms with van der Waals surface area (Å²) in [6.07, 6.45) is 0. The first kappa shape index (κ1) is 13.8. The highest BCUT2D eigenvalue weighted by Gasteiger charge is 2.27. The third-order valence-corrected chi connectivity index (χ3v) is 2.95. The van der Waals surface area contributed by atoms with E-state index in [0.29, 0.717) is 34.6 Å². The van der Waals surface area contributed by atoms with E-state index in [1.165, 1.54) is 0 Å². The maximum absolute atomic E-state index is 5.94. The Morgan fingerprint density at radius 2 is 2.16 bits per heavy atom. The predicted molar refractivity (Wildman–Crippen MR) is 73.8 cm³/mol. The second-order valence-corrected chi connectivity index (χ2v) is 5.03. The third-order valence-electron chi connectivity index (χ3n) is 2.72. The molecule has 0 unspecified atom stereocenters. The molecule has 1 heterocycles. The van der Waals surface area contributed by atoms with Gasteiger partial charge < -0.3 is 15.0 Å². The van der Waals surface area contributed by atoms with Gasteiger partial charge in [0, 0.05) is 17.3 Å². The Hall–Kier alpha value is -1.59. The van der Waals surface area contributed by atoms with Gasteiger partial charge in [-0.3, -0.25) is 0 Å². The molecule has 0 saturated heterocycles. The summed E-state index contributed by atoms with van der Waals surface area (Å²) >= 11 is 5.94. The van der Waals surface area contributed by atoms with E-state index in [0.717, 1.165) is 0 Å². The normalized spacial score (nSPS) is 11.8. The van der Waals surface area contributed by atoms with Gasteiger partial charge in [-0.15, -0.1) is 0 Å². The van der Waals surface area contributed by atoms with E-state index < -0.39 is 5.60 Å². The average Bonchev–Trinajstić information content (AvgIpc) is 2.82. The molecule has 0 spiro atoms. The van der Waals surface area contributed by atoms with Gasteiger partial charge in [0.15, 0.2) is 0 Å². The van der Waals surface area contributed by atoms with Crippen LogP contribution in [0.15, 0.2) is 22.7 Å². The second kappa shape index (κ2) is 5.19. The zero-order chi connectivity index (χ0) is 14.0. The van der Waals surface area contributed by atoms with Crippen LogP contribution in [0.5, 0.6) is 0 Å². The van der Waals surface area contributed by atoms with Gasteiger partial charge in [0.05, 0.1) is 5.56 Å². The van der Waals surface area contributed by atoms with Crippen molar-refractivity contribution in [3.8, 4) is 11.5 Å². The Morgan fingerprint density at radius 3 is 2.84 bits per heavy atom. The van der Waals surface area contributed by atoms with E-state index in [2.05, 4.69) is 10.1 Å². The molecule has 0 saturated carbocycles. The molecule has 0 aliphatic heterocycles. The molecule has 0 radical (unpaired) electrons. The van der Waals surface area contributed by atoms with Crippen molar-refractivity contribution in [1.29, 1.82) is 0 Å². The SMILES string of the molecule is CCOC(C)(C)c1noc(-c2cc(Cl)ccc2N)n1. The van der Waals surface area contributed by atoms with Crippen LogP contribution in [-0.4, -0.2) is 16.7 Å². The van der Waals surface area contributed by atoms with Crippen LogP contribution in [0.4, 0.5) is 5.69 Å². The molecule has 0 bridgehead atoms. The Labute approximate surface area is 116 Å². The molecule has 102 valence electrons. The molecule has 2 aromatic rings. The molecule has 2 N–H and O–H groups in total. The van der Waals surface area contributed by atoms with Crippen LogP contribution in [0.2, 0.25) is 5.02 Å². The molecule has 6 heteroatoms. The number of nitrogens with zero attached hydrogens (tertiary/aromatic N) is 2. The minimum Gasteiger partial charge on any atom is -0.398 e. The summed E-state index contributed by atoms with van der Waals surface area (Å²) in [6, 6.07) is 5.11. The van der Waals surface area contributed by atoms with Gasteiger partial charge in [-0.2, -0.15) is 4.98 Å². The van der Waals surface area contributed by atoms with E-state index in [4.69, 9.17) is 26.6 Å². The maximum Gasteiger partial charge on any atom is 0.260 e. The molecular formula is C13H16ClN3O2. The Bertz CT molecular complexity index is 581. The molecule has 1 aromatic heterocycles. The van der Waals surface area contributed by atoms with E-state index in [-0.39, 0.29) is 0 Å². The highest BCUT2D eigenvalue weighted by atomic mass is 35.5. The minimum atomic E-state index is -0.607. The van der Waals surface area contributed by atoms with Crippen molar-refractivity contribution >= 4 is 17.3 Å². The number of aromatic nitrogens is 2. The molecule has 19 heavy (non-hydrogen) atoms. The summed E-state index contributed by atoms with van der Waals surface area (Å²) in [5.41, 5.74) is 6.43. The first-order valence-corrected chi connectivity index (χ1v) is 6.35. The Morgan fingerprint density at radius 1 is 1.42 bits per heavy atom. The molecule has 2 rings (SSSR count). The summed E-state index contributed by atoms with van der Waals surface area (Å²) in [4.78, 5) is 4.33. The number of hydrogen-bond acceptors (Lipinski definition) is 5. The quantitative estimate of drug-likeness (QED) is 0.871. The smallest absolute Gasteiger partial charge is 0.260 e. The van der Waals surface area contributed by atoms with Crippen LogP contribution in [0.1, 0.15) is 26.6 Å². The van der Waals surface area contributed by atoms with E-state index in [1.807, 2.05) is 20.8 Å². The van der Waals surface area contributed by atoms with Crippen molar-refractivity contribution in [2.24, 2.45) is 0 Å². The first-order valence-electron chi connectivity index (χ1n) is 5.97. The Kier molecular flexibility index (Phi) is 3.78. The molecule has 5 nitrogen and oxygen atoms in total. The maximum atomic E-state index is 5.94. The van der Waals surface area contributed by atoms with Crippen molar-refractivity contribution in [3.63, 3.8) is 0 Å². The molecule has 0 atom stereocenters. The lowest BCUT2D eigenvalue weighted by Crippen LogP contribution is -2.23. The number of nitrogen functional groups attached to an aromatic ring is 1. The molecule has 0 aliphatic rings. The summed E-state index contributed by atoms with van der Waals surface area (Å²) in [7, 11) is 0. The second-order valence-electron chi connectivity index (χ2n) is 4.60. The van der Waals surface area contributed by atoms with Gasteiger partial charge in [-0.25, -0.2) is 0 Å². The van der Waals surface area contributed by atoms with Crippen LogP contribution in [0.25, 0.3) is 11.5 Å². The van der Waals surface area contributed by atoms with Gasteiger partial charge in [-0.05, 0) is 39.0 Å². The van der Waals surface area contributed by atoms with Gasteiger partial charge >= 0.3 is 0 Å². The lowest BCUT2D eigenvalue weighted by molar-refractivity contribution is -0.0221. The van der Waals surface area contributed by atoms with Crippen LogP contribution in [0, 0.1) is 0 Å². The van der Waals surface area contributed by atoms with E-state index in [9.17, 15) is 0 Å². The third kappa shape index (κ3) is 2.88. The molecule has 0 amide bonds. The number of ether oxygens (including phenoxy) is 1. The Balaban J connectivity index is 2.38. The number of benzene rings is 1. The summed E-state index contributed by atoms with van der Waals surface area (Å²) in [5.74, 6) is 0.812. The fourth-order valence-corrected chi connectivity index (χ4v) is 1.89. The summed E-state index contributed by atoms with van der Waals surface area (Å²) in [6.45, 7) is 6.24. The minimum absolute atomic E-state index is 0.336. The van der Waals surface area contributed by atoms with Crippen LogP contribution < -0.4 is 5.73 Å². The average molecular weight is 282 g/mol.